The van der Waals surface area contributed by atoms with Crippen LogP contribution in [0.5, 0.6) is 0 Å². The standard InChI is InChI=1S/C23H30FN3O/c1-23(2,3)19-14-18(15-21(16-19)27-11-9-25-10-12-27)22(28)26-8-7-17-5-4-6-20(24)13-17/h4-6,13-16,25H,7-12H2,1-3H3,(H,26,28). The van der Waals surface area contributed by atoms with E-state index in [1.54, 1.807) is 6.07 Å². The van der Waals surface area contributed by atoms with E-state index >= 15 is 0 Å². The Morgan fingerprint density at radius 3 is 2.57 bits per heavy atom. The third-order valence-corrected chi connectivity index (χ3v) is 5.12. The van der Waals surface area contributed by atoms with Gasteiger partial charge in [-0.15, -0.1) is 0 Å². The van der Waals surface area contributed by atoms with E-state index in [0.29, 0.717) is 18.5 Å². The Morgan fingerprint density at radius 2 is 1.89 bits per heavy atom. The van der Waals surface area contributed by atoms with Gasteiger partial charge in [0.05, 0.1) is 0 Å². The number of hydrogen-bond acceptors (Lipinski definition) is 3. The molecular weight excluding hydrogens is 353 g/mol. The first-order valence-electron chi connectivity index (χ1n) is 9.97. The van der Waals surface area contributed by atoms with Crippen LogP contribution in [0.2, 0.25) is 0 Å². The second kappa shape index (κ2) is 8.74. The maximum atomic E-state index is 13.3. The third-order valence-electron chi connectivity index (χ3n) is 5.12. The molecule has 1 aliphatic rings. The molecule has 1 amide bonds. The topological polar surface area (TPSA) is 44.4 Å². The number of amides is 1. The number of halogens is 1. The molecule has 0 bridgehead atoms. The molecule has 2 aromatic carbocycles. The zero-order valence-electron chi connectivity index (χ0n) is 17.0. The Hall–Kier alpha value is -2.40. The van der Waals surface area contributed by atoms with E-state index in [1.807, 2.05) is 18.2 Å². The Bertz CT molecular complexity index is 823. The lowest BCUT2D eigenvalue weighted by atomic mass is 9.85. The number of rotatable bonds is 5. The van der Waals surface area contributed by atoms with Crippen LogP contribution < -0.4 is 15.5 Å². The summed E-state index contributed by atoms with van der Waals surface area (Å²) in [5.74, 6) is -0.332. The molecule has 4 nitrogen and oxygen atoms in total. The molecule has 0 aromatic heterocycles. The monoisotopic (exact) mass is 383 g/mol. The van der Waals surface area contributed by atoms with Crippen LogP contribution in [-0.2, 0) is 11.8 Å². The van der Waals surface area contributed by atoms with Crippen molar-refractivity contribution < 1.29 is 9.18 Å². The minimum absolute atomic E-state index is 0.0410. The van der Waals surface area contributed by atoms with Crippen LogP contribution in [0.25, 0.3) is 0 Å². The van der Waals surface area contributed by atoms with Crippen molar-refractivity contribution in [2.24, 2.45) is 0 Å². The molecule has 1 heterocycles. The van der Waals surface area contributed by atoms with Gasteiger partial charge in [0.15, 0.2) is 0 Å². The van der Waals surface area contributed by atoms with Gasteiger partial charge in [-0.1, -0.05) is 32.9 Å². The van der Waals surface area contributed by atoms with Gasteiger partial charge >= 0.3 is 0 Å². The van der Waals surface area contributed by atoms with Crippen LogP contribution in [0.1, 0.15) is 42.3 Å². The summed E-state index contributed by atoms with van der Waals surface area (Å²) in [7, 11) is 0. The zero-order valence-corrected chi connectivity index (χ0v) is 17.0. The van der Waals surface area contributed by atoms with E-state index in [1.165, 1.54) is 12.1 Å². The first-order chi connectivity index (χ1) is 13.3. The maximum Gasteiger partial charge on any atom is 0.251 e. The quantitative estimate of drug-likeness (QED) is 0.831. The summed E-state index contributed by atoms with van der Waals surface area (Å²) in [5.41, 5.74) is 3.77. The van der Waals surface area contributed by atoms with Crippen molar-refractivity contribution in [2.75, 3.05) is 37.6 Å². The highest BCUT2D eigenvalue weighted by Crippen LogP contribution is 2.28. The molecule has 150 valence electrons. The minimum Gasteiger partial charge on any atom is -0.369 e. The van der Waals surface area contributed by atoms with Crippen LogP contribution in [0.4, 0.5) is 10.1 Å². The molecule has 0 saturated carbocycles. The molecule has 5 heteroatoms. The summed E-state index contributed by atoms with van der Waals surface area (Å²) in [5, 5.41) is 6.35. The van der Waals surface area contributed by atoms with Crippen LogP contribution >= 0.6 is 0 Å². The highest BCUT2D eigenvalue weighted by atomic mass is 19.1. The molecule has 28 heavy (non-hydrogen) atoms. The zero-order chi connectivity index (χ0) is 20.1. The molecule has 1 saturated heterocycles. The van der Waals surface area contributed by atoms with Gasteiger partial charge in [0, 0.05) is 44.0 Å². The van der Waals surface area contributed by atoms with E-state index in [-0.39, 0.29) is 17.1 Å². The third kappa shape index (κ3) is 5.32. The summed E-state index contributed by atoms with van der Waals surface area (Å²) < 4.78 is 13.3. The lowest BCUT2D eigenvalue weighted by molar-refractivity contribution is 0.0954. The van der Waals surface area contributed by atoms with Gasteiger partial charge in [0.1, 0.15) is 5.82 Å². The second-order valence-corrected chi connectivity index (χ2v) is 8.39. The Labute approximate surface area is 167 Å². The van der Waals surface area contributed by atoms with E-state index in [0.717, 1.165) is 43.0 Å². The molecule has 0 radical (unpaired) electrons. The van der Waals surface area contributed by atoms with Gasteiger partial charge in [-0.3, -0.25) is 4.79 Å². The lowest BCUT2D eigenvalue weighted by Gasteiger charge is -2.31. The fourth-order valence-corrected chi connectivity index (χ4v) is 3.40. The summed E-state index contributed by atoms with van der Waals surface area (Å²) in [4.78, 5) is 15.1. The number of nitrogens with zero attached hydrogens (tertiary/aromatic N) is 1. The Balaban J connectivity index is 1.74. The van der Waals surface area contributed by atoms with Gasteiger partial charge in [0.25, 0.3) is 5.91 Å². The predicted octanol–water partition coefficient (Wildman–Crippen LogP) is 3.51. The summed E-state index contributed by atoms with van der Waals surface area (Å²) in [6, 6.07) is 12.7. The molecule has 1 fully saturated rings. The van der Waals surface area contributed by atoms with E-state index in [2.05, 4.69) is 42.4 Å². The fourth-order valence-electron chi connectivity index (χ4n) is 3.40. The highest BCUT2D eigenvalue weighted by molar-refractivity contribution is 5.95. The predicted molar refractivity (Wildman–Crippen MR) is 113 cm³/mol. The molecule has 0 atom stereocenters. The van der Waals surface area contributed by atoms with Gasteiger partial charge < -0.3 is 15.5 Å². The number of nitrogens with one attached hydrogen (secondary N) is 2. The van der Waals surface area contributed by atoms with Crippen LogP contribution in [0.3, 0.4) is 0 Å². The number of carbonyl (C=O) groups excluding carboxylic acids is 1. The van der Waals surface area contributed by atoms with Gasteiger partial charge in [-0.2, -0.15) is 0 Å². The molecule has 0 aliphatic carbocycles. The average Bonchev–Trinajstić information content (AvgIpc) is 2.67. The normalized spacial score (nSPS) is 14.8. The van der Waals surface area contributed by atoms with Gasteiger partial charge in [-0.25, -0.2) is 4.39 Å². The highest BCUT2D eigenvalue weighted by Gasteiger charge is 2.20. The van der Waals surface area contributed by atoms with Crippen molar-refractivity contribution in [1.82, 2.24) is 10.6 Å². The molecule has 0 unspecified atom stereocenters. The second-order valence-electron chi connectivity index (χ2n) is 8.39. The van der Waals surface area contributed by atoms with Crippen molar-refractivity contribution >= 4 is 11.6 Å². The largest absolute Gasteiger partial charge is 0.369 e. The minimum atomic E-state index is -0.248. The SMILES string of the molecule is CC(C)(C)c1cc(C(=O)NCCc2cccc(F)c2)cc(N2CCNCC2)c1. The molecular formula is C23H30FN3O. The van der Waals surface area contributed by atoms with E-state index < -0.39 is 0 Å². The summed E-state index contributed by atoms with van der Waals surface area (Å²) in [6.07, 6.45) is 0.604. The first-order valence-corrected chi connectivity index (χ1v) is 9.97. The van der Waals surface area contributed by atoms with Crippen molar-refractivity contribution in [3.63, 3.8) is 0 Å². The van der Waals surface area contributed by atoms with Crippen LogP contribution in [-0.4, -0.2) is 38.6 Å². The number of carbonyl (C=O) groups is 1. The van der Waals surface area contributed by atoms with Crippen molar-refractivity contribution in [1.29, 1.82) is 0 Å². The molecule has 2 aromatic rings. The number of hydrogen-bond donors (Lipinski definition) is 2. The Morgan fingerprint density at radius 1 is 1.14 bits per heavy atom. The summed E-state index contributed by atoms with van der Waals surface area (Å²) >= 11 is 0. The number of piperazine rings is 1. The fraction of sp³-hybridized carbons (Fsp3) is 0.435. The van der Waals surface area contributed by atoms with E-state index in [9.17, 15) is 9.18 Å². The molecule has 0 spiro atoms. The number of anilines is 1. The molecule has 3 rings (SSSR count). The molecule has 1 aliphatic heterocycles. The number of benzene rings is 2. The van der Waals surface area contributed by atoms with Gasteiger partial charge in [0.2, 0.25) is 0 Å². The Kier molecular flexibility index (Phi) is 6.35. The maximum absolute atomic E-state index is 13.3. The van der Waals surface area contributed by atoms with Crippen molar-refractivity contribution in [2.45, 2.75) is 32.6 Å². The summed E-state index contributed by atoms with van der Waals surface area (Å²) in [6.45, 7) is 10.7. The van der Waals surface area contributed by atoms with Crippen molar-refractivity contribution in [3.05, 3.63) is 65.0 Å². The average molecular weight is 384 g/mol. The lowest BCUT2D eigenvalue weighted by Crippen LogP contribution is -2.43. The first kappa shape index (κ1) is 20.3. The van der Waals surface area contributed by atoms with Gasteiger partial charge in [-0.05, 0) is 53.3 Å². The van der Waals surface area contributed by atoms with Crippen molar-refractivity contribution in [3.8, 4) is 0 Å². The van der Waals surface area contributed by atoms with E-state index in [4.69, 9.17) is 0 Å². The molecule has 2 N–H and O–H groups in total. The smallest absolute Gasteiger partial charge is 0.251 e. The van der Waals surface area contributed by atoms with Crippen LogP contribution in [0, 0.1) is 5.82 Å². The van der Waals surface area contributed by atoms with Crippen LogP contribution in [0.15, 0.2) is 42.5 Å².